The van der Waals surface area contributed by atoms with Gasteiger partial charge in [0.15, 0.2) is 5.82 Å². The van der Waals surface area contributed by atoms with Crippen molar-refractivity contribution >= 4 is 23.1 Å². The summed E-state index contributed by atoms with van der Waals surface area (Å²) < 4.78 is 18.3. The van der Waals surface area contributed by atoms with Gasteiger partial charge in [-0.15, -0.1) is 5.10 Å². The molecule has 0 atom stereocenters. The molecule has 0 radical (unpaired) electrons. The van der Waals surface area contributed by atoms with Crippen LogP contribution in [0.15, 0.2) is 54.7 Å². The fourth-order valence-corrected chi connectivity index (χ4v) is 3.13. The highest BCUT2D eigenvalue weighted by atomic mass is 19.1. The highest BCUT2D eigenvalue weighted by Gasteiger charge is 2.20. The molecule has 1 aromatic heterocycles. The van der Waals surface area contributed by atoms with Crippen LogP contribution in [0, 0.1) is 5.82 Å². The predicted molar refractivity (Wildman–Crippen MR) is 107 cm³/mol. The van der Waals surface area contributed by atoms with Gasteiger partial charge in [0.05, 0.1) is 13.3 Å². The number of hydrogen-bond donors (Lipinski definition) is 1. The van der Waals surface area contributed by atoms with Crippen LogP contribution in [0.3, 0.4) is 0 Å². The number of anilines is 4. The van der Waals surface area contributed by atoms with E-state index in [1.807, 2.05) is 12.1 Å². The van der Waals surface area contributed by atoms with E-state index in [1.54, 1.807) is 25.4 Å². The SMILES string of the molecule is COc1ccc(N2CCN(c3nncc(Nc4ccc(F)cc4)n3)CC2)cc1. The first-order valence-corrected chi connectivity index (χ1v) is 9.07. The van der Waals surface area contributed by atoms with Crippen LogP contribution in [0.1, 0.15) is 0 Å². The van der Waals surface area contributed by atoms with Gasteiger partial charge in [-0.25, -0.2) is 4.39 Å². The lowest BCUT2D eigenvalue weighted by Gasteiger charge is -2.36. The quantitative estimate of drug-likeness (QED) is 0.730. The van der Waals surface area contributed by atoms with Gasteiger partial charge in [-0.3, -0.25) is 0 Å². The standard InChI is InChI=1S/C20H21FN6O/c1-28-18-8-6-17(7-9-18)26-10-12-27(13-11-26)20-24-19(14-22-25-20)23-16-4-2-15(21)3-5-16/h2-9,14H,10-13H2,1H3,(H,23,24,25). The number of hydrogen-bond acceptors (Lipinski definition) is 7. The Morgan fingerprint density at radius 3 is 2.29 bits per heavy atom. The summed E-state index contributed by atoms with van der Waals surface area (Å²) in [6, 6.07) is 14.2. The molecule has 0 amide bonds. The van der Waals surface area contributed by atoms with Crippen LogP contribution in [-0.2, 0) is 0 Å². The minimum atomic E-state index is -0.276. The van der Waals surface area contributed by atoms with Crippen molar-refractivity contribution in [2.24, 2.45) is 0 Å². The van der Waals surface area contributed by atoms with E-state index >= 15 is 0 Å². The van der Waals surface area contributed by atoms with Crippen molar-refractivity contribution in [3.8, 4) is 5.75 Å². The molecule has 4 rings (SSSR count). The van der Waals surface area contributed by atoms with Crippen LogP contribution >= 0.6 is 0 Å². The number of rotatable bonds is 5. The molecule has 0 spiro atoms. The molecule has 1 fully saturated rings. The average molecular weight is 380 g/mol. The van der Waals surface area contributed by atoms with Crippen LogP contribution in [0.5, 0.6) is 5.75 Å². The number of benzene rings is 2. The largest absolute Gasteiger partial charge is 0.497 e. The molecule has 2 heterocycles. The first kappa shape index (κ1) is 18.0. The minimum absolute atomic E-state index is 0.276. The van der Waals surface area contributed by atoms with Crippen molar-refractivity contribution in [1.82, 2.24) is 15.2 Å². The number of aromatic nitrogens is 3. The minimum Gasteiger partial charge on any atom is -0.497 e. The van der Waals surface area contributed by atoms with E-state index in [2.05, 4.69) is 42.4 Å². The Balaban J connectivity index is 1.39. The van der Waals surface area contributed by atoms with Crippen molar-refractivity contribution < 1.29 is 9.13 Å². The van der Waals surface area contributed by atoms with Gasteiger partial charge in [-0.2, -0.15) is 10.1 Å². The van der Waals surface area contributed by atoms with Gasteiger partial charge in [-0.05, 0) is 48.5 Å². The topological polar surface area (TPSA) is 66.4 Å². The molecule has 28 heavy (non-hydrogen) atoms. The third-order valence-corrected chi connectivity index (χ3v) is 4.66. The Hall–Kier alpha value is -3.42. The lowest BCUT2D eigenvalue weighted by molar-refractivity contribution is 0.415. The Labute approximate surface area is 162 Å². The van der Waals surface area contributed by atoms with Crippen LogP contribution in [0.25, 0.3) is 0 Å². The van der Waals surface area contributed by atoms with E-state index in [4.69, 9.17) is 4.74 Å². The smallest absolute Gasteiger partial charge is 0.247 e. The molecule has 7 nitrogen and oxygen atoms in total. The predicted octanol–water partition coefficient (Wildman–Crippen LogP) is 3.09. The summed E-state index contributed by atoms with van der Waals surface area (Å²) in [4.78, 5) is 8.98. The summed E-state index contributed by atoms with van der Waals surface area (Å²) in [5.41, 5.74) is 1.92. The van der Waals surface area contributed by atoms with E-state index in [9.17, 15) is 4.39 Å². The van der Waals surface area contributed by atoms with Crippen LogP contribution in [-0.4, -0.2) is 48.5 Å². The monoisotopic (exact) mass is 380 g/mol. The highest BCUT2D eigenvalue weighted by molar-refractivity contribution is 5.56. The first-order chi connectivity index (χ1) is 13.7. The van der Waals surface area contributed by atoms with E-state index < -0.39 is 0 Å². The molecule has 0 unspecified atom stereocenters. The number of nitrogens with zero attached hydrogens (tertiary/aromatic N) is 5. The second-order valence-electron chi connectivity index (χ2n) is 6.45. The molecule has 1 aliphatic rings. The summed E-state index contributed by atoms with van der Waals surface area (Å²) in [5, 5.41) is 11.3. The average Bonchev–Trinajstić information content (AvgIpc) is 2.76. The lowest BCUT2D eigenvalue weighted by atomic mass is 10.2. The summed E-state index contributed by atoms with van der Waals surface area (Å²) in [5.74, 6) is 1.74. The van der Waals surface area contributed by atoms with Gasteiger partial charge >= 0.3 is 0 Å². The zero-order valence-electron chi connectivity index (χ0n) is 15.5. The number of nitrogens with one attached hydrogen (secondary N) is 1. The Bertz CT molecular complexity index is 911. The van der Waals surface area contributed by atoms with Gasteiger partial charge in [0.25, 0.3) is 0 Å². The lowest BCUT2D eigenvalue weighted by Crippen LogP contribution is -2.47. The third-order valence-electron chi connectivity index (χ3n) is 4.66. The molecule has 3 aromatic rings. The van der Waals surface area contributed by atoms with E-state index in [1.165, 1.54) is 17.8 Å². The summed E-state index contributed by atoms with van der Waals surface area (Å²) in [6.07, 6.45) is 1.56. The normalized spacial score (nSPS) is 14.1. The highest BCUT2D eigenvalue weighted by Crippen LogP contribution is 2.22. The van der Waals surface area contributed by atoms with Crippen LogP contribution in [0.4, 0.5) is 27.5 Å². The molecular weight excluding hydrogens is 359 g/mol. The molecule has 2 aromatic carbocycles. The zero-order chi connectivity index (χ0) is 19.3. The molecule has 0 aliphatic carbocycles. The van der Waals surface area contributed by atoms with Gasteiger partial charge < -0.3 is 19.9 Å². The summed E-state index contributed by atoms with van der Waals surface area (Å²) in [6.45, 7) is 3.33. The Morgan fingerprint density at radius 1 is 0.929 bits per heavy atom. The van der Waals surface area contributed by atoms with Gasteiger partial charge in [-0.1, -0.05) is 0 Å². The molecule has 1 saturated heterocycles. The molecule has 0 bridgehead atoms. The second kappa shape index (κ2) is 8.08. The maximum absolute atomic E-state index is 13.0. The molecule has 1 N–H and O–H groups in total. The van der Waals surface area contributed by atoms with Crippen molar-refractivity contribution in [3.63, 3.8) is 0 Å². The Morgan fingerprint density at radius 2 is 1.61 bits per heavy atom. The van der Waals surface area contributed by atoms with E-state index in [0.717, 1.165) is 37.6 Å². The third kappa shape index (κ3) is 4.11. The molecule has 1 aliphatic heterocycles. The maximum Gasteiger partial charge on any atom is 0.247 e. The molecule has 8 heteroatoms. The number of halogens is 1. The van der Waals surface area contributed by atoms with E-state index in [-0.39, 0.29) is 5.82 Å². The van der Waals surface area contributed by atoms with Gasteiger partial charge in [0.1, 0.15) is 11.6 Å². The second-order valence-corrected chi connectivity index (χ2v) is 6.45. The van der Waals surface area contributed by atoms with Crippen LogP contribution in [0.2, 0.25) is 0 Å². The van der Waals surface area contributed by atoms with Crippen molar-refractivity contribution in [2.75, 3.05) is 48.4 Å². The van der Waals surface area contributed by atoms with Crippen molar-refractivity contribution in [1.29, 1.82) is 0 Å². The van der Waals surface area contributed by atoms with Gasteiger partial charge in [0.2, 0.25) is 5.95 Å². The zero-order valence-corrected chi connectivity index (χ0v) is 15.5. The number of ether oxygens (including phenoxy) is 1. The number of methoxy groups -OCH3 is 1. The summed E-state index contributed by atoms with van der Waals surface area (Å²) >= 11 is 0. The van der Waals surface area contributed by atoms with Crippen molar-refractivity contribution in [2.45, 2.75) is 0 Å². The molecule has 144 valence electrons. The number of piperazine rings is 1. The fourth-order valence-electron chi connectivity index (χ4n) is 3.13. The molecular formula is C20H21FN6O. The first-order valence-electron chi connectivity index (χ1n) is 9.07. The fraction of sp³-hybridized carbons (Fsp3) is 0.250. The summed E-state index contributed by atoms with van der Waals surface area (Å²) in [7, 11) is 1.67. The maximum atomic E-state index is 13.0. The van der Waals surface area contributed by atoms with Gasteiger partial charge in [0, 0.05) is 37.6 Å². The Kier molecular flexibility index (Phi) is 5.18. The molecule has 0 saturated carbocycles. The van der Waals surface area contributed by atoms with E-state index in [0.29, 0.717) is 11.8 Å². The van der Waals surface area contributed by atoms with Crippen molar-refractivity contribution in [3.05, 3.63) is 60.5 Å². The van der Waals surface area contributed by atoms with Crippen LogP contribution < -0.4 is 19.9 Å².